The number of fused-ring (bicyclic) bond motifs is 1. The van der Waals surface area contributed by atoms with E-state index in [2.05, 4.69) is 20.3 Å². The van der Waals surface area contributed by atoms with E-state index in [4.69, 9.17) is 0 Å². The van der Waals surface area contributed by atoms with Crippen LogP contribution in [0.15, 0.2) is 36.7 Å². The number of benzene rings is 1. The van der Waals surface area contributed by atoms with Gasteiger partial charge in [-0.05, 0) is 18.6 Å². The third-order valence-electron chi connectivity index (χ3n) is 4.61. The summed E-state index contributed by atoms with van der Waals surface area (Å²) in [6.45, 7) is 3.89. The lowest BCUT2D eigenvalue weighted by Gasteiger charge is -2.34. The first-order chi connectivity index (χ1) is 13.1. The van der Waals surface area contributed by atoms with Gasteiger partial charge in [0.2, 0.25) is 10.0 Å². The molecule has 1 aliphatic heterocycles. The van der Waals surface area contributed by atoms with Crippen LogP contribution >= 0.6 is 0 Å². The minimum atomic E-state index is -3.17. The van der Waals surface area contributed by atoms with Crippen LogP contribution in [0.4, 0.5) is 5.82 Å². The maximum Gasteiger partial charge on any atom is 0.214 e. The Kier molecular flexibility index (Phi) is 4.75. The van der Waals surface area contributed by atoms with Crippen LogP contribution in [-0.2, 0) is 10.0 Å². The van der Waals surface area contributed by atoms with E-state index in [-0.39, 0.29) is 5.75 Å². The molecule has 1 aliphatic rings. The Morgan fingerprint density at radius 2 is 1.78 bits per heavy atom. The molecule has 4 rings (SSSR count). The van der Waals surface area contributed by atoms with E-state index in [1.165, 1.54) is 6.33 Å². The Labute approximate surface area is 157 Å². The van der Waals surface area contributed by atoms with Gasteiger partial charge in [-0.25, -0.2) is 18.4 Å². The topological polar surface area (TPSA) is 97.1 Å². The molecule has 0 radical (unpaired) electrons. The fourth-order valence-corrected chi connectivity index (χ4v) is 4.77. The molecular weight excluding hydrogens is 366 g/mol. The van der Waals surface area contributed by atoms with Crippen LogP contribution in [0.3, 0.4) is 0 Å². The van der Waals surface area contributed by atoms with Gasteiger partial charge in [-0.2, -0.15) is 8.99 Å². The number of hydrogen-bond acceptors (Lipinski definition) is 7. The average Bonchev–Trinajstić information content (AvgIpc) is 3.13. The summed E-state index contributed by atoms with van der Waals surface area (Å²) < 4.78 is 27.8. The van der Waals surface area contributed by atoms with Crippen molar-refractivity contribution in [1.82, 2.24) is 29.3 Å². The maximum absolute atomic E-state index is 12.3. The quantitative estimate of drug-likeness (QED) is 0.646. The van der Waals surface area contributed by atoms with E-state index in [1.807, 2.05) is 42.2 Å². The molecule has 142 valence electrons. The molecule has 0 unspecified atom stereocenters. The van der Waals surface area contributed by atoms with E-state index in [1.54, 1.807) is 8.99 Å². The molecule has 10 heteroatoms. The number of aromatic nitrogens is 5. The van der Waals surface area contributed by atoms with Crippen molar-refractivity contribution in [2.75, 3.05) is 36.8 Å². The van der Waals surface area contributed by atoms with Gasteiger partial charge in [0.15, 0.2) is 17.0 Å². The van der Waals surface area contributed by atoms with Gasteiger partial charge < -0.3 is 4.90 Å². The van der Waals surface area contributed by atoms with Gasteiger partial charge in [-0.3, -0.25) is 0 Å². The Morgan fingerprint density at radius 1 is 1.04 bits per heavy atom. The molecule has 1 saturated heterocycles. The molecule has 0 N–H and O–H groups in total. The van der Waals surface area contributed by atoms with Crippen LogP contribution in [0.1, 0.15) is 13.3 Å². The predicted octanol–water partition coefficient (Wildman–Crippen LogP) is 1.07. The van der Waals surface area contributed by atoms with Gasteiger partial charge in [0.1, 0.15) is 6.33 Å². The highest BCUT2D eigenvalue weighted by molar-refractivity contribution is 7.89. The van der Waals surface area contributed by atoms with Gasteiger partial charge in [0, 0.05) is 26.2 Å². The Balaban J connectivity index is 1.60. The zero-order valence-electron chi connectivity index (χ0n) is 15.1. The molecule has 3 aromatic rings. The van der Waals surface area contributed by atoms with Gasteiger partial charge in [0.05, 0.1) is 11.4 Å². The molecule has 27 heavy (non-hydrogen) atoms. The molecule has 0 bridgehead atoms. The minimum absolute atomic E-state index is 0.191. The summed E-state index contributed by atoms with van der Waals surface area (Å²) >= 11 is 0. The van der Waals surface area contributed by atoms with Crippen LogP contribution in [0.2, 0.25) is 0 Å². The van der Waals surface area contributed by atoms with Gasteiger partial charge in [-0.1, -0.05) is 30.3 Å². The molecule has 0 saturated carbocycles. The van der Waals surface area contributed by atoms with Crippen molar-refractivity contribution < 1.29 is 8.42 Å². The Bertz CT molecular complexity index is 1030. The third-order valence-corrected chi connectivity index (χ3v) is 6.69. The van der Waals surface area contributed by atoms with Crippen LogP contribution in [-0.4, -0.2) is 69.6 Å². The largest absolute Gasteiger partial charge is 0.352 e. The second-order valence-corrected chi connectivity index (χ2v) is 8.50. The number of rotatable bonds is 5. The second-order valence-electron chi connectivity index (χ2n) is 6.41. The van der Waals surface area contributed by atoms with Crippen molar-refractivity contribution in [3.05, 3.63) is 36.7 Å². The zero-order valence-corrected chi connectivity index (χ0v) is 15.9. The lowest BCUT2D eigenvalue weighted by molar-refractivity contribution is 0.384. The normalized spacial score (nSPS) is 16.1. The Morgan fingerprint density at radius 3 is 2.48 bits per heavy atom. The first-order valence-electron chi connectivity index (χ1n) is 8.95. The molecule has 0 aliphatic carbocycles. The summed E-state index contributed by atoms with van der Waals surface area (Å²) in [5.74, 6) is 0.880. The van der Waals surface area contributed by atoms with Crippen molar-refractivity contribution in [2.24, 2.45) is 0 Å². The average molecular weight is 387 g/mol. The fraction of sp³-hybridized carbons (Fsp3) is 0.412. The third kappa shape index (κ3) is 3.37. The SMILES string of the molecule is CCCS(=O)(=O)N1CCN(c2ncnc3c2nnn3-c2ccccc2)CC1. The minimum Gasteiger partial charge on any atom is -0.352 e. The summed E-state index contributed by atoms with van der Waals surface area (Å²) in [5.41, 5.74) is 2.12. The van der Waals surface area contributed by atoms with Gasteiger partial charge in [-0.15, -0.1) is 5.10 Å². The summed E-state index contributed by atoms with van der Waals surface area (Å²) in [7, 11) is -3.17. The molecule has 0 spiro atoms. The number of hydrogen-bond donors (Lipinski definition) is 0. The van der Waals surface area contributed by atoms with Gasteiger partial charge >= 0.3 is 0 Å². The number of piperazine rings is 1. The monoisotopic (exact) mass is 387 g/mol. The van der Waals surface area contributed by atoms with Crippen molar-refractivity contribution >= 4 is 27.0 Å². The van der Waals surface area contributed by atoms with E-state index < -0.39 is 10.0 Å². The number of sulfonamides is 1. The summed E-state index contributed by atoms with van der Waals surface area (Å²) in [5, 5.41) is 8.51. The van der Waals surface area contributed by atoms with E-state index in [0.717, 1.165) is 5.69 Å². The van der Waals surface area contributed by atoms with Gasteiger partial charge in [0.25, 0.3) is 0 Å². The highest BCUT2D eigenvalue weighted by atomic mass is 32.2. The highest BCUT2D eigenvalue weighted by Crippen LogP contribution is 2.24. The summed E-state index contributed by atoms with van der Waals surface area (Å²) in [4.78, 5) is 10.8. The lowest BCUT2D eigenvalue weighted by Crippen LogP contribution is -2.49. The smallest absolute Gasteiger partial charge is 0.214 e. The fourth-order valence-electron chi connectivity index (χ4n) is 3.28. The molecule has 9 nitrogen and oxygen atoms in total. The second kappa shape index (κ2) is 7.20. The van der Waals surface area contributed by atoms with Crippen LogP contribution < -0.4 is 4.90 Å². The molecule has 0 amide bonds. The van der Waals surface area contributed by atoms with Crippen molar-refractivity contribution in [3.8, 4) is 5.69 Å². The molecule has 2 aromatic heterocycles. The number of para-hydroxylation sites is 1. The molecule has 0 atom stereocenters. The maximum atomic E-state index is 12.3. The first-order valence-corrected chi connectivity index (χ1v) is 10.6. The number of nitrogens with zero attached hydrogens (tertiary/aromatic N) is 7. The predicted molar refractivity (Wildman–Crippen MR) is 102 cm³/mol. The van der Waals surface area contributed by atoms with E-state index in [9.17, 15) is 8.42 Å². The molecular formula is C17H21N7O2S. The zero-order chi connectivity index (χ0) is 18.9. The number of anilines is 1. The van der Waals surface area contributed by atoms with Crippen LogP contribution in [0.5, 0.6) is 0 Å². The molecule has 3 heterocycles. The summed E-state index contributed by atoms with van der Waals surface area (Å²) in [6.07, 6.45) is 2.12. The van der Waals surface area contributed by atoms with E-state index in [0.29, 0.717) is 49.6 Å². The lowest BCUT2D eigenvalue weighted by atomic mass is 10.3. The van der Waals surface area contributed by atoms with E-state index >= 15 is 0 Å². The summed E-state index contributed by atoms with van der Waals surface area (Å²) in [6, 6.07) is 9.68. The first kappa shape index (κ1) is 17.8. The molecule has 1 aromatic carbocycles. The standard InChI is InChI=1S/C17H21N7O2S/c1-2-12-27(25,26)23-10-8-22(9-11-23)16-15-17(19-13-18-16)24(21-20-15)14-6-4-3-5-7-14/h3-7,13H,2,8-12H2,1H3. The highest BCUT2D eigenvalue weighted by Gasteiger charge is 2.28. The van der Waals surface area contributed by atoms with Crippen LogP contribution in [0.25, 0.3) is 16.9 Å². The van der Waals surface area contributed by atoms with Crippen LogP contribution in [0, 0.1) is 0 Å². The van der Waals surface area contributed by atoms with Crippen molar-refractivity contribution in [2.45, 2.75) is 13.3 Å². The van der Waals surface area contributed by atoms with Crippen molar-refractivity contribution in [1.29, 1.82) is 0 Å². The van der Waals surface area contributed by atoms with Crippen molar-refractivity contribution in [3.63, 3.8) is 0 Å². The molecule has 1 fully saturated rings. The Hall–Kier alpha value is -2.59.